The summed E-state index contributed by atoms with van der Waals surface area (Å²) in [6.07, 6.45) is 1.01. The van der Waals surface area contributed by atoms with E-state index in [0.717, 1.165) is 18.7 Å². The van der Waals surface area contributed by atoms with Crippen LogP contribution in [0.5, 0.6) is 5.75 Å². The quantitative estimate of drug-likeness (QED) is 0.778. The molecule has 1 aromatic carbocycles. The van der Waals surface area contributed by atoms with Gasteiger partial charge in [0.05, 0.1) is 13.7 Å². The van der Waals surface area contributed by atoms with Crippen molar-refractivity contribution in [3.05, 3.63) is 23.8 Å². The monoisotopic (exact) mass is 193 g/mol. The molecular formula is C11H15NO2. The van der Waals surface area contributed by atoms with Gasteiger partial charge in [-0.3, -0.25) is 0 Å². The Balaban J connectivity index is 2.31. The Hall–Kier alpha value is -1.22. The van der Waals surface area contributed by atoms with Gasteiger partial charge in [-0.25, -0.2) is 0 Å². The number of methoxy groups -OCH3 is 1. The summed E-state index contributed by atoms with van der Waals surface area (Å²) < 4.78 is 5.29. The zero-order valence-electron chi connectivity index (χ0n) is 8.36. The van der Waals surface area contributed by atoms with E-state index in [0.29, 0.717) is 6.54 Å². The van der Waals surface area contributed by atoms with Crippen LogP contribution in [0.1, 0.15) is 5.56 Å². The summed E-state index contributed by atoms with van der Waals surface area (Å²) in [6, 6.07) is 6.06. The number of anilines is 1. The van der Waals surface area contributed by atoms with Crippen LogP contribution in [0.15, 0.2) is 18.2 Å². The van der Waals surface area contributed by atoms with Crippen molar-refractivity contribution in [1.29, 1.82) is 0 Å². The Morgan fingerprint density at radius 1 is 1.50 bits per heavy atom. The Morgan fingerprint density at radius 2 is 2.36 bits per heavy atom. The first-order valence-corrected chi connectivity index (χ1v) is 4.88. The Kier molecular flexibility index (Phi) is 2.59. The number of hydrogen-bond acceptors (Lipinski definition) is 3. The molecule has 0 amide bonds. The molecule has 0 fully saturated rings. The van der Waals surface area contributed by atoms with Gasteiger partial charge in [-0.2, -0.15) is 0 Å². The van der Waals surface area contributed by atoms with Gasteiger partial charge in [-0.15, -0.1) is 0 Å². The predicted octanol–water partition coefficient (Wildman–Crippen LogP) is 1.05. The van der Waals surface area contributed by atoms with Crippen molar-refractivity contribution in [2.24, 2.45) is 0 Å². The van der Waals surface area contributed by atoms with E-state index >= 15 is 0 Å². The molecule has 0 atom stereocenters. The van der Waals surface area contributed by atoms with E-state index in [1.165, 1.54) is 11.3 Å². The highest BCUT2D eigenvalue weighted by atomic mass is 16.5. The summed E-state index contributed by atoms with van der Waals surface area (Å²) >= 11 is 0. The van der Waals surface area contributed by atoms with E-state index in [1.54, 1.807) is 7.11 Å². The van der Waals surface area contributed by atoms with Gasteiger partial charge in [0.1, 0.15) is 5.75 Å². The summed E-state index contributed by atoms with van der Waals surface area (Å²) in [5.41, 5.74) is 2.47. The second-order valence-corrected chi connectivity index (χ2v) is 3.42. The summed E-state index contributed by atoms with van der Waals surface area (Å²) in [7, 11) is 1.70. The molecule has 1 aliphatic heterocycles. The number of rotatable bonds is 3. The van der Waals surface area contributed by atoms with Gasteiger partial charge in [0.2, 0.25) is 0 Å². The number of benzene rings is 1. The molecule has 76 valence electrons. The minimum atomic E-state index is 0.205. The van der Waals surface area contributed by atoms with Crippen LogP contribution in [0.4, 0.5) is 5.69 Å². The third kappa shape index (κ3) is 1.44. The van der Waals surface area contributed by atoms with Gasteiger partial charge < -0.3 is 14.7 Å². The molecule has 0 saturated carbocycles. The Bertz CT molecular complexity index is 325. The van der Waals surface area contributed by atoms with Crippen molar-refractivity contribution in [1.82, 2.24) is 0 Å². The molecule has 0 radical (unpaired) electrons. The number of fused-ring (bicyclic) bond motifs is 1. The minimum Gasteiger partial charge on any atom is -0.496 e. The highest BCUT2D eigenvalue weighted by Gasteiger charge is 2.21. The normalized spacial score (nSPS) is 14.3. The van der Waals surface area contributed by atoms with Crippen molar-refractivity contribution in [2.45, 2.75) is 6.42 Å². The summed E-state index contributed by atoms with van der Waals surface area (Å²) in [6.45, 7) is 1.90. The fourth-order valence-electron chi connectivity index (χ4n) is 2.01. The molecule has 3 nitrogen and oxygen atoms in total. The topological polar surface area (TPSA) is 32.7 Å². The summed E-state index contributed by atoms with van der Waals surface area (Å²) in [5, 5.41) is 8.91. The number of aliphatic hydroxyl groups excluding tert-OH is 1. The lowest BCUT2D eigenvalue weighted by atomic mass is 10.1. The van der Waals surface area contributed by atoms with E-state index in [1.807, 2.05) is 12.1 Å². The number of hydrogen-bond donors (Lipinski definition) is 1. The average Bonchev–Trinajstić information content (AvgIpc) is 2.62. The Morgan fingerprint density at radius 3 is 3.07 bits per heavy atom. The molecule has 0 unspecified atom stereocenters. The van der Waals surface area contributed by atoms with Crippen LogP contribution in [0.2, 0.25) is 0 Å². The van der Waals surface area contributed by atoms with Crippen LogP contribution in [0.3, 0.4) is 0 Å². The minimum absolute atomic E-state index is 0.205. The van der Waals surface area contributed by atoms with Crippen molar-refractivity contribution < 1.29 is 9.84 Å². The van der Waals surface area contributed by atoms with Gasteiger partial charge in [-0.05, 0) is 18.6 Å². The zero-order chi connectivity index (χ0) is 9.97. The van der Waals surface area contributed by atoms with E-state index in [9.17, 15) is 0 Å². The number of aliphatic hydroxyl groups is 1. The molecule has 0 aromatic heterocycles. The molecule has 2 rings (SSSR count). The van der Waals surface area contributed by atoms with Crippen molar-refractivity contribution >= 4 is 5.69 Å². The first kappa shape index (κ1) is 9.34. The molecule has 1 aromatic rings. The maximum Gasteiger partial charge on any atom is 0.124 e. The van der Waals surface area contributed by atoms with E-state index in [2.05, 4.69) is 11.0 Å². The van der Waals surface area contributed by atoms with Crippen LogP contribution in [-0.2, 0) is 6.42 Å². The van der Waals surface area contributed by atoms with Crippen LogP contribution in [-0.4, -0.2) is 31.9 Å². The molecule has 0 bridgehead atoms. The second-order valence-electron chi connectivity index (χ2n) is 3.42. The van der Waals surface area contributed by atoms with E-state index in [4.69, 9.17) is 9.84 Å². The van der Waals surface area contributed by atoms with Crippen LogP contribution in [0, 0.1) is 0 Å². The van der Waals surface area contributed by atoms with Crippen molar-refractivity contribution in [3.63, 3.8) is 0 Å². The lowest BCUT2D eigenvalue weighted by Crippen LogP contribution is -2.23. The molecule has 0 aliphatic carbocycles. The van der Waals surface area contributed by atoms with Crippen LogP contribution < -0.4 is 9.64 Å². The molecular weight excluding hydrogens is 178 g/mol. The first-order chi connectivity index (χ1) is 6.86. The summed E-state index contributed by atoms with van der Waals surface area (Å²) in [4.78, 5) is 2.19. The third-order valence-corrected chi connectivity index (χ3v) is 2.67. The maximum atomic E-state index is 8.91. The lowest BCUT2D eigenvalue weighted by molar-refractivity contribution is 0.303. The van der Waals surface area contributed by atoms with E-state index < -0.39 is 0 Å². The molecule has 3 heteroatoms. The van der Waals surface area contributed by atoms with Gasteiger partial charge >= 0.3 is 0 Å². The standard InChI is InChI=1S/C11H15NO2/c1-14-11-4-2-3-10-9(11)5-6-12(10)7-8-13/h2-4,13H,5-8H2,1H3. The molecule has 14 heavy (non-hydrogen) atoms. The summed E-state index contributed by atoms with van der Waals surface area (Å²) in [5.74, 6) is 0.961. The van der Waals surface area contributed by atoms with Crippen LogP contribution >= 0.6 is 0 Å². The van der Waals surface area contributed by atoms with Gasteiger partial charge in [-0.1, -0.05) is 6.07 Å². The molecule has 1 heterocycles. The largest absolute Gasteiger partial charge is 0.496 e. The number of ether oxygens (including phenoxy) is 1. The average molecular weight is 193 g/mol. The predicted molar refractivity (Wildman–Crippen MR) is 56.0 cm³/mol. The SMILES string of the molecule is COc1cccc2c1CCN2CCO. The number of nitrogens with zero attached hydrogens (tertiary/aromatic N) is 1. The lowest BCUT2D eigenvalue weighted by Gasteiger charge is -2.17. The smallest absolute Gasteiger partial charge is 0.124 e. The van der Waals surface area contributed by atoms with Crippen molar-refractivity contribution in [3.8, 4) is 5.75 Å². The highest BCUT2D eigenvalue weighted by molar-refractivity contribution is 5.63. The number of β-amino-alcohol motifs (C(OH)–C–C–N with tert-alkyl or cyclic N) is 1. The van der Waals surface area contributed by atoms with Gasteiger partial charge in [0, 0.05) is 24.3 Å². The molecule has 1 N–H and O–H groups in total. The van der Waals surface area contributed by atoms with Gasteiger partial charge in [0.15, 0.2) is 0 Å². The van der Waals surface area contributed by atoms with E-state index in [-0.39, 0.29) is 6.61 Å². The fraction of sp³-hybridized carbons (Fsp3) is 0.455. The molecule has 1 aliphatic rings. The molecule has 0 saturated heterocycles. The first-order valence-electron chi connectivity index (χ1n) is 4.88. The molecule has 0 spiro atoms. The van der Waals surface area contributed by atoms with Gasteiger partial charge in [0.25, 0.3) is 0 Å². The van der Waals surface area contributed by atoms with Crippen molar-refractivity contribution in [2.75, 3.05) is 31.7 Å². The fourth-order valence-corrected chi connectivity index (χ4v) is 2.01. The maximum absolute atomic E-state index is 8.91. The zero-order valence-corrected chi connectivity index (χ0v) is 8.36. The highest BCUT2D eigenvalue weighted by Crippen LogP contribution is 2.34. The Labute approximate surface area is 83.9 Å². The third-order valence-electron chi connectivity index (χ3n) is 2.67. The second kappa shape index (κ2) is 3.88. The van der Waals surface area contributed by atoms with Crippen LogP contribution in [0.25, 0.3) is 0 Å².